The Balaban J connectivity index is 1.32. The van der Waals surface area contributed by atoms with Crippen molar-refractivity contribution in [2.45, 2.75) is 13.1 Å². The fourth-order valence-electron chi connectivity index (χ4n) is 5.44. The lowest BCUT2D eigenvalue weighted by Crippen LogP contribution is -2.37. The first-order valence-electron chi connectivity index (χ1n) is 12.7. The van der Waals surface area contributed by atoms with Crippen molar-refractivity contribution in [2.24, 2.45) is 11.8 Å². The monoisotopic (exact) mass is 530 g/mol. The van der Waals surface area contributed by atoms with Gasteiger partial charge in [-0.05, 0) is 23.3 Å². The highest BCUT2D eigenvalue weighted by atomic mass is 16.2. The van der Waals surface area contributed by atoms with Crippen molar-refractivity contribution < 1.29 is 28.8 Å². The van der Waals surface area contributed by atoms with E-state index < -0.39 is 41.1 Å². The number of carbonyl (C=O) groups excluding carboxylic acids is 6. The normalized spacial score (nSPS) is 19.4. The number of imide groups is 1. The number of ketones is 2. The first-order chi connectivity index (χ1) is 19.4. The van der Waals surface area contributed by atoms with Crippen molar-refractivity contribution in [3.63, 3.8) is 0 Å². The van der Waals surface area contributed by atoms with E-state index in [0.717, 1.165) is 16.0 Å². The summed E-state index contributed by atoms with van der Waals surface area (Å²) in [6.45, 7) is 0.275. The molecule has 3 aromatic carbocycles. The molecular formula is C32H22N2O6. The standard InChI is InChI=1S/C32H22N2O6/c35-17-20-11-22-23(12-21(20)30(38)33-15-18-7-3-1-4-8-18)29(37)25-14-27-26(13-24(25)28(22)36)31(39)34(32(27)40)16-19-9-5-2-6-10-19/h1-14,17,24-25H,15-16H2,(H,33,38). The van der Waals surface area contributed by atoms with Crippen LogP contribution in [-0.2, 0) is 22.7 Å². The van der Waals surface area contributed by atoms with Gasteiger partial charge in [0.1, 0.15) is 0 Å². The second-order valence-electron chi connectivity index (χ2n) is 9.89. The maximum Gasteiger partial charge on any atom is 0.261 e. The number of Topliss-reactive ketones (excluding diaryl/α,β-unsaturated/α-hetero) is 2. The van der Waals surface area contributed by atoms with E-state index in [4.69, 9.17) is 0 Å². The number of rotatable bonds is 6. The van der Waals surface area contributed by atoms with E-state index in [1.165, 1.54) is 24.3 Å². The lowest BCUT2D eigenvalue weighted by molar-refractivity contribution is -0.137. The Hall–Kier alpha value is -5.24. The predicted octanol–water partition coefficient (Wildman–Crippen LogP) is 3.48. The Labute approximate surface area is 229 Å². The first kappa shape index (κ1) is 25.1. The van der Waals surface area contributed by atoms with Crippen LogP contribution in [0.15, 0.2) is 96.1 Å². The van der Waals surface area contributed by atoms with Crippen LogP contribution in [0.2, 0.25) is 0 Å². The Bertz CT molecular complexity index is 1690. The summed E-state index contributed by atoms with van der Waals surface area (Å²) in [6, 6.07) is 20.8. The molecule has 0 bridgehead atoms. The summed E-state index contributed by atoms with van der Waals surface area (Å²) >= 11 is 0. The molecular weight excluding hydrogens is 508 g/mol. The minimum atomic E-state index is -1.01. The number of nitrogens with zero attached hydrogens (tertiary/aromatic N) is 1. The van der Waals surface area contributed by atoms with Gasteiger partial charge in [0.05, 0.1) is 23.9 Å². The third-order valence-electron chi connectivity index (χ3n) is 7.50. The number of hydrogen-bond acceptors (Lipinski definition) is 6. The third-order valence-corrected chi connectivity index (χ3v) is 7.50. The minimum Gasteiger partial charge on any atom is -0.348 e. The number of hydrogen-bond donors (Lipinski definition) is 1. The SMILES string of the molecule is O=Cc1cc2c(cc1C(=O)NCc1ccccc1)C(=O)C1C=C3C(=O)N(Cc4ccccc4)C(=O)C3=CC1C2=O. The van der Waals surface area contributed by atoms with Crippen LogP contribution in [0.25, 0.3) is 0 Å². The Morgan fingerprint density at radius 2 is 1.27 bits per heavy atom. The molecule has 3 aliphatic rings. The molecule has 196 valence electrons. The number of likely N-dealkylation sites (tertiary alicyclic amines) is 1. The number of allylic oxidation sites excluding steroid dienone is 2. The molecule has 3 aromatic rings. The molecule has 0 saturated carbocycles. The van der Waals surface area contributed by atoms with E-state index in [0.29, 0.717) is 6.29 Å². The number of carbonyl (C=O) groups is 6. The third kappa shape index (κ3) is 4.10. The summed E-state index contributed by atoms with van der Waals surface area (Å²) in [5.74, 6) is -4.53. The van der Waals surface area contributed by atoms with Crippen LogP contribution < -0.4 is 5.32 Å². The molecule has 6 rings (SSSR count). The average Bonchev–Trinajstić information content (AvgIpc) is 3.22. The van der Waals surface area contributed by atoms with Gasteiger partial charge in [0.2, 0.25) is 0 Å². The van der Waals surface area contributed by atoms with E-state index in [1.807, 2.05) is 36.4 Å². The molecule has 2 unspecified atom stereocenters. The molecule has 0 aromatic heterocycles. The van der Waals surface area contributed by atoms with E-state index in [9.17, 15) is 28.8 Å². The molecule has 1 saturated heterocycles. The van der Waals surface area contributed by atoms with Crippen molar-refractivity contribution in [3.8, 4) is 0 Å². The van der Waals surface area contributed by atoms with Crippen molar-refractivity contribution in [2.75, 3.05) is 0 Å². The fourth-order valence-corrected chi connectivity index (χ4v) is 5.44. The zero-order valence-electron chi connectivity index (χ0n) is 21.1. The number of aldehydes is 1. The smallest absolute Gasteiger partial charge is 0.261 e. The van der Waals surface area contributed by atoms with Gasteiger partial charge in [-0.2, -0.15) is 0 Å². The van der Waals surface area contributed by atoms with Gasteiger partial charge in [0.15, 0.2) is 17.9 Å². The molecule has 1 heterocycles. The van der Waals surface area contributed by atoms with Gasteiger partial charge in [0, 0.05) is 34.4 Å². The van der Waals surface area contributed by atoms with Gasteiger partial charge in [-0.3, -0.25) is 33.7 Å². The molecule has 0 spiro atoms. The van der Waals surface area contributed by atoms with E-state index >= 15 is 0 Å². The number of fused-ring (bicyclic) bond motifs is 3. The highest BCUT2D eigenvalue weighted by molar-refractivity contribution is 6.27. The average molecular weight is 531 g/mol. The van der Waals surface area contributed by atoms with Crippen LogP contribution in [0.5, 0.6) is 0 Å². The second-order valence-corrected chi connectivity index (χ2v) is 9.89. The van der Waals surface area contributed by atoms with Crippen molar-refractivity contribution in [3.05, 3.63) is 129 Å². The summed E-state index contributed by atoms with van der Waals surface area (Å²) in [7, 11) is 0. The van der Waals surface area contributed by atoms with Gasteiger partial charge in [0.25, 0.3) is 17.7 Å². The Morgan fingerprint density at radius 1 is 0.750 bits per heavy atom. The van der Waals surface area contributed by atoms with Crippen LogP contribution in [0, 0.1) is 11.8 Å². The molecule has 8 nitrogen and oxygen atoms in total. The summed E-state index contributed by atoms with van der Waals surface area (Å²) in [6.07, 6.45) is 3.27. The van der Waals surface area contributed by atoms with Crippen LogP contribution in [0.1, 0.15) is 52.6 Å². The van der Waals surface area contributed by atoms with Crippen LogP contribution in [0.4, 0.5) is 0 Å². The number of nitrogens with one attached hydrogen (secondary N) is 1. The predicted molar refractivity (Wildman–Crippen MR) is 143 cm³/mol. The number of benzene rings is 3. The maximum absolute atomic E-state index is 13.6. The van der Waals surface area contributed by atoms with Crippen molar-refractivity contribution in [1.82, 2.24) is 10.2 Å². The summed E-state index contributed by atoms with van der Waals surface area (Å²) in [5, 5.41) is 2.74. The highest BCUT2D eigenvalue weighted by Gasteiger charge is 2.48. The first-order valence-corrected chi connectivity index (χ1v) is 12.7. The lowest BCUT2D eigenvalue weighted by atomic mass is 9.69. The van der Waals surface area contributed by atoms with Gasteiger partial charge in [-0.1, -0.05) is 72.8 Å². The molecule has 3 amide bonds. The molecule has 40 heavy (non-hydrogen) atoms. The molecule has 1 fully saturated rings. The maximum atomic E-state index is 13.6. The highest BCUT2D eigenvalue weighted by Crippen LogP contribution is 2.41. The van der Waals surface area contributed by atoms with Crippen LogP contribution in [0.3, 0.4) is 0 Å². The summed E-state index contributed by atoms with van der Waals surface area (Å²) in [4.78, 5) is 79.5. The second kappa shape index (κ2) is 9.81. The van der Waals surface area contributed by atoms with Gasteiger partial charge < -0.3 is 5.32 Å². The van der Waals surface area contributed by atoms with Crippen LogP contribution >= 0.6 is 0 Å². The Morgan fingerprint density at radius 3 is 1.82 bits per heavy atom. The molecule has 8 heteroatoms. The van der Waals surface area contributed by atoms with E-state index in [2.05, 4.69) is 5.32 Å². The molecule has 2 atom stereocenters. The molecule has 1 aliphatic heterocycles. The topological polar surface area (TPSA) is 118 Å². The van der Waals surface area contributed by atoms with Gasteiger partial charge >= 0.3 is 0 Å². The summed E-state index contributed by atoms with van der Waals surface area (Å²) < 4.78 is 0. The fraction of sp³-hybridized carbons (Fsp3) is 0.125. The molecule has 1 N–H and O–H groups in total. The zero-order chi connectivity index (χ0) is 28.0. The van der Waals surface area contributed by atoms with Crippen molar-refractivity contribution >= 4 is 35.6 Å². The van der Waals surface area contributed by atoms with Gasteiger partial charge in [-0.15, -0.1) is 0 Å². The minimum absolute atomic E-state index is 0.00771. The molecule has 2 aliphatic carbocycles. The summed E-state index contributed by atoms with van der Waals surface area (Å²) in [5.41, 5.74) is 1.78. The quantitative estimate of drug-likeness (QED) is 0.385. The largest absolute Gasteiger partial charge is 0.348 e. The lowest BCUT2D eigenvalue weighted by Gasteiger charge is -2.30. The Kier molecular flexibility index (Phi) is 6.15. The van der Waals surface area contributed by atoms with E-state index in [1.54, 1.807) is 24.3 Å². The molecule has 0 radical (unpaired) electrons. The van der Waals surface area contributed by atoms with E-state index in [-0.39, 0.29) is 46.5 Å². The zero-order valence-corrected chi connectivity index (χ0v) is 21.1. The number of amides is 3. The van der Waals surface area contributed by atoms with Gasteiger partial charge in [-0.25, -0.2) is 0 Å². The van der Waals surface area contributed by atoms with Crippen LogP contribution in [-0.4, -0.2) is 40.5 Å². The van der Waals surface area contributed by atoms with Crippen molar-refractivity contribution in [1.29, 1.82) is 0 Å².